The molecular formula is C15H21BrN4O. The molecule has 0 radical (unpaired) electrons. The van der Waals surface area contributed by atoms with Gasteiger partial charge < -0.3 is 10.1 Å². The third kappa shape index (κ3) is 5.13. The van der Waals surface area contributed by atoms with Crippen LogP contribution in [0.5, 0.6) is 5.75 Å². The molecule has 1 heterocycles. The van der Waals surface area contributed by atoms with Crippen LogP contribution < -0.4 is 10.1 Å². The van der Waals surface area contributed by atoms with Gasteiger partial charge in [-0.3, -0.25) is 4.68 Å². The van der Waals surface area contributed by atoms with Crippen LogP contribution in [0.2, 0.25) is 0 Å². The van der Waals surface area contributed by atoms with Crippen LogP contribution in [0.4, 0.5) is 0 Å². The number of ether oxygens (including phenoxy) is 1. The largest absolute Gasteiger partial charge is 0.486 e. The Morgan fingerprint density at radius 2 is 2.19 bits per heavy atom. The van der Waals surface area contributed by atoms with Gasteiger partial charge in [-0.1, -0.05) is 25.1 Å². The highest BCUT2D eigenvalue weighted by Gasteiger charge is 2.05. The van der Waals surface area contributed by atoms with E-state index in [2.05, 4.69) is 57.5 Å². The maximum atomic E-state index is 5.75. The number of hydrogen-bond donors (Lipinski definition) is 1. The van der Waals surface area contributed by atoms with Crippen molar-refractivity contribution in [3.05, 3.63) is 40.1 Å². The zero-order valence-corrected chi connectivity index (χ0v) is 14.2. The Balaban J connectivity index is 1.89. The van der Waals surface area contributed by atoms with Gasteiger partial charge in [0.15, 0.2) is 0 Å². The highest BCUT2D eigenvalue weighted by Crippen LogP contribution is 2.26. The molecule has 0 saturated heterocycles. The first-order chi connectivity index (χ1) is 10.0. The lowest BCUT2D eigenvalue weighted by atomic mass is 10.2. The fourth-order valence-corrected chi connectivity index (χ4v) is 2.43. The molecule has 1 aromatic carbocycles. The molecule has 0 aliphatic carbocycles. The number of nitrogens with one attached hydrogen (secondary N) is 1. The van der Waals surface area contributed by atoms with E-state index in [-0.39, 0.29) is 0 Å². The number of rotatable bonds is 7. The molecule has 114 valence electrons. The van der Waals surface area contributed by atoms with Crippen molar-refractivity contribution in [3.63, 3.8) is 0 Å². The fraction of sp³-hybridized carbons (Fsp3) is 0.467. The molecule has 1 aromatic heterocycles. The van der Waals surface area contributed by atoms with E-state index in [1.54, 1.807) is 4.68 Å². The van der Waals surface area contributed by atoms with Gasteiger partial charge in [-0.2, -0.15) is 0 Å². The van der Waals surface area contributed by atoms with Crippen LogP contribution in [0.3, 0.4) is 0 Å². The van der Waals surface area contributed by atoms with E-state index in [0.29, 0.717) is 12.5 Å². The van der Waals surface area contributed by atoms with Gasteiger partial charge in [0.2, 0.25) is 0 Å². The second-order valence-electron chi connectivity index (χ2n) is 5.46. The summed E-state index contributed by atoms with van der Waals surface area (Å²) in [6, 6.07) is 6.14. The summed E-state index contributed by atoms with van der Waals surface area (Å²) in [5.41, 5.74) is 2.04. The number of aromatic nitrogens is 3. The Kier molecular flexibility index (Phi) is 5.76. The third-order valence-electron chi connectivity index (χ3n) is 2.90. The number of benzene rings is 1. The summed E-state index contributed by atoms with van der Waals surface area (Å²) in [5, 5.41) is 11.3. The van der Waals surface area contributed by atoms with E-state index in [1.165, 1.54) is 5.56 Å². The van der Waals surface area contributed by atoms with Crippen molar-refractivity contribution in [3.8, 4) is 5.75 Å². The van der Waals surface area contributed by atoms with Crippen LogP contribution in [0.15, 0.2) is 28.9 Å². The zero-order chi connectivity index (χ0) is 15.2. The summed E-state index contributed by atoms with van der Waals surface area (Å²) in [5.74, 6) is 1.47. The Morgan fingerprint density at radius 1 is 1.38 bits per heavy atom. The fourth-order valence-electron chi connectivity index (χ4n) is 1.89. The van der Waals surface area contributed by atoms with Crippen LogP contribution in [0.25, 0.3) is 0 Å². The smallest absolute Gasteiger partial charge is 0.134 e. The third-order valence-corrected chi connectivity index (χ3v) is 3.52. The highest BCUT2D eigenvalue weighted by atomic mass is 79.9. The summed E-state index contributed by atoms with van der Waals surface area (Å²) in [6.07, 6.45) is 1.85. The van der Waals surface area contributed by atoms with E-state index in [0.717, 1.165) is 29.0 Å². The van der Waals surface area contributed by atoms with Crippen molar-refractivity contribution in [2.24, 2.45) is 13.0 Å². The van der Waals surface area contributed by atoms with Gasteiger partial charge in [0, 0.05) is 13.6 Å². The molecule has 0 bridgehead atoms. The number of aryl methyl sites for hydroxylation is 1. The normalized spacial score (nSPS) is 11.1. The molecule has 6 heteroatoms. The first-order valence-electron chi connectivity index (χ1n) is 7.01. The minimum absolute atomic E-state index is 0.414. The molecule has 0 aliphatic heterocycles. The number of hydrogen-bond acceptors (Lipinski definition) is 4. The van der Waals surface area contributed by atoms with E-state index < -0.39 is 0 Å². The van der Waals surface area contributed by atoms with Crippen LogP contribution in [-0.4, -0.2) is 21.5 Å². The van der Waals surface area contributed by atoms with E-state index >= 15 is 0 Å². The molecule has 0 spiro atoms. The topological polar surface area (TPSA) is 52.0 Å². The lowest BCUT2D eigenvalue weighted by molar-refractivity contribution is 0.299. The minimum Gasteiger partial charge on any atom is -0.486 e. The van der Waals surface area contributed by atoms with Crippen molar-refractivity contribution in [2.45, 2.75) is 27.0 Å². The SMILES string of the molecule is CC(C)CNCc1ccc(OCc2cn(C)nn2)c(Br)c1. The molecule has 0 amide bonds. The quantitative estimate of drug-likeness (QED) is 0.832. The molecule has 0 atom stereocenters. The van der Waals surface area contributed by atoms with Crippen LogP contribution >= 0.6 is 15.9 Å². The molecule has 0 aliphatic rings. The van der Waals surface area contributed by atoms with Crippen molar-refractivity contribution in [1.29, 1.82) is 0 Å². The lowest BCUT2D eigenvalue weighted by Gasteiger charge is -2.10. The Bertz CT molecular complexity index is 583. The van der Waals surface area contributed by atoms with Crippen LogP contribution in [-0.2, 0) is 20.2 Å². The van der Waals surface area contributed by atoms with E-state index in [1.807, 2.05) is 19.3 Å². The summed E-state index contributed by atoms with van der Waals surface area (Å²) in [4.78, 5) is 0. The van der Waals surface area contributed by atoms with Crippen molar-refractivity contribution in [2.75, 3.05) is 6.54 Å². The predicted molar refractivity (Wildman–Crippen MR) is 86.0 cm³/mol. The van der Waals surface area contributed by atoms with Crippen molar-refractivity contribution < 1.29 is 4.74 Å². The minimum atomic E-state index is 0.414. The first kappa shape index (κ1) is 16.0. The summed E-state index contributed by atoms with van der Waals surface area (Å²) in [6.45, 7) is 6.69. The molecule has 21 heavy (non-hydrogen) atoms. The number of halogens is 1. The maximum Gasteiger partial charge on any atom is 0.134 e. The number of nitrogens with zero attached hydrogens (tertiary/aromatic N) is 3. The average Bonchev–Trinajstić information content (AvgIpc) is 2.83. The molecule has 5 nitrogen and oxygen atoms in total. The van der Waals surface area contributed by atoms with Crippen molar-refractivity contribution >= 4 is 15.9 Å². The second-order valence-corrected chi connectivity index (χ2v) is 6.32. The molecule has 2 aromatic rings. The maximum absolute atomic E-state index is 5.75. The van der Waals surface area contributed by atoms with Gasteiger partial charge in [-0.15, -0.1) is 5.10 Å². The average molecular weight is 353 g/mol. The van der Waals surface area contributed by atoms with Gasteiger partial charge in [-0.05, 0) is 46.1 Å². The summed E-state index contributed by atoms with van der Waals surface area (Å²) < 4.78 is 8.37. The molecule has 2 rings (SSSR count). The van der Waals surface area contributed by atoms with Gasteiger partial charge in [-0.25, -0.2) is 0 Å². The van der Waals surface area contributed by atoms with Gasteiger partial charge >= 0.3 is 0 Å². The van der Waals surface area contributed by atoms with Crippen molar-refractivity contribution in [1.82, 2.24) is 20.3 Å². The predicted octanol–water partition coefficient (Wildman–Crippen LogP) is 2.90. The molecule has 0 fully saturated rings. The zero-order valence-electron chi connectivity index (χ0n) is 12.6. The molecule has 1 N–H and O–H groups in total. The Morgan fingerprint density at radius 3 is 2.81 bits per heavy atom. The van der Waals surface area contributed by atoms with E-state index in [4.69, 9.17) is 4.74 Å². The molecular weight excluding hydrogens is 332 g/mol. The summed E-state index contributed by atoms with van der Waals surface area (Å²) in [7, 11) is 1.84. The Labute approximate surface area is 133 Å². The van der Waals surface area contributed by atoms with Crippen LogP contribution in [0, 0.1) is 5.92 Å². The van der Waals surface area contributed by atoms with Gasteiger partial charge in [0.1, 0.15) is 18.1 Å². The highest BCUT2D eigenvalue weighted by molar-refractivity contribution is 9.10. The lowest BCUT2D eigenvalue weighted by Crippen LogP contribution is -2.18. The monoisotopic (exact) mass is 352 g/mol. The second kappa shape index (κ2) is 7.56. The first-order valence-corrected chi connectivity index (χ1v) is 7.81. The van der Waals surface area contributed by atoms with Crippen LogP contribution in [0.1, 0.15) is 25.1 Å². The van der Waals surface area contributed by atoms with Gasteiger partial charge in [0.05, 0.1) is 10.7 Å². The van der Waals surface area contributed by atoms with Gasteiger partial charge in [0.25, 0.3) is 0 Å². The standard InChI is InChI=1S/C15H21BrN4O/c1-11(2)7-17-8-12-4-5-15(14(16)6-12)21-10-13-9-20(3)19-18-13/h4-6,9,11,17H,7-8,10H2,1-3H3. The Hall–Kier alpha value is -1.40. The molecule has 0 saturated carbocycles. The molecule has 0 unspecified atom stereocenters. The summed E-state index contributed by atoms with van der Waals surface area (Å²) >= 11 is 3.55. The van der Waals surface area contributed by atoms with E-state index in [9.17, 15) is 0 Å².